The van der Waals surface area contributed by atoms with Gasteiger partial charge >= 0.3 is 0 Å². The second kappa shape index (κ2) is 7.37. The van der Waals surface area contributed by atoms with Crippen LogP contribution in [0.3, 0.4) is 0 Å². The van der Waals surface area contributed by atoms with Crippen molar-refractivity contribution >= 4 is 0 Å². The summed E-state index contributed by atoms with van der Waals surface area (Å²) < 4.78 is 0. The fourth-order valence-corrected chi connectivity index (χ4v) is 2.47. The third-order valence-electron chi connectivity index (χ3n) is 3.85. The first-order chi connectivity index (χ1) is 9.96. The Hall–Kier alpha value is -0.930. The maximum Gasteiger partial charge on any atom is 0.0544 e. The lowest BCUT2D eigenvalue weighted by atomic mass is 10.1. The van der Waals surface area contributed by atoms with E-state index in [0.29, 0.717) is 0 Å². The van der Waals surface area contributed by atoms with Crippen molar-refractivity contribution < 1.29 is 0 Å². The van der Waals surface area contributed by atoms with E-state index in [9.17, 15) is 0 Å². The maximum atomic E-state index is 4.65. The third-order valence-corrected chi connectivity index (χ3v) is 3.85. The molecule has 1 aromatic heterocycles. The highest BCUT2D eigenvalue weighted by Crippen LogP contribution is 2.30. The van der Waals surface area contributed by atoms with Gasteiger partial charge in [-0.3, -0.25) is 9.88 Å². The minimum atomic E-state index is 0.154. The molecule has 1 aromatic rings. The number of nitrogens with one attached hydrogen (secondary N) is 1. The quantitative estimate of drug-likeness (QED) is 0.792. The van der Waals surface area contributed by atoms with E-state index in [2.05, 4.69) is 55.0 Å². The van der Waals surface area contributed by atoms with E-state index in [4.69, 9.17) is 0 Å². The molecular weight excluding hydrogens is 258 g/mol. The molecule has 0 aliphatic heterocycles. The van der Waals surface area contributed by atoms with E-state index < -0.39 is 0 Å². The number of hydrogen-bond acceptors (Lipinski definition) is 3. The first-order valence-corrected chi connectivity index (χ1v) is 8.37. The van der Waals surface area contributed by atoms with Crippen LogP contribution in [0.4, 0.5) is 0 Å². The van der Waals surface area contributed by atoms with E-state index in [1.54, 1.807) is 0 Å². The molecule has 0 bridgehead atoms. The second-order valence-corrected chi connectivity index (χ2v) is 7.44. The highest BCUT2D eigenvalue weighted by molar-refractivity contribution is 5.14. The Bertz CT molecular complexity index is 415. The van der Waals surface area contributed by atoms with Crippen LogP contribution in [0.5, 0.6) is 0 Å². The molecule has 0 saturated heterocycles. The topological polar surface area (TPSA) is 28.2 Å². The molecule has 0 aromatic carbocycles. The molecule has 0 spiro atoms. The van der Waals surface area contributed by atoms with Gasteiger partial charge in [-0.1, -0.05) is 13.0 Å². The predicted octanol–water partition coefficient (Wildman–Crippen LogP) is 3.59. The Morgan fingerprint density at radius 3 is 2.57 bits per heavy atom. The van der Waals surface area contributed by atoms with Crippen LogP contribution in [-0.4, -0.2) is 28.5 Å². The summed E-state index contributed by atoms with van der Waals surface area (Å²) in [6.45, 7) is 13.2. The van der Waals surface area contributed by atoms with E-state index in [0.717, 1.165) is 19.0 Å². The summed E-state index contributed by atoms with van der Waals surface area (Å²) in [5.74, 6) is 0.951. The van der Waals surface area contributed by atoms with E-state index in [-0.39, 0.29) is 5.54 Å². The molecule has 1 aliphatic carbocycles. The fraction of sp³-hybridized carbons (Fsp3) is 0.722. The largest absolute Gasteiger partial charge is 0.308 e. The van der Waals surface area contributed by atoms with E-state index in [1.807, 2.05) is 6.20 Å². The van der Waals surface area contributed by atoms with Crippen molar-refractivity contribution in [3.8, 4) is 0 Å². The van der Waals surface area contributed by atoms with Crippen molar-refractivity contribution in [3.05, 3.63) is 29.6 Å². The summed E-state index contributed by atoms with van der Waals surface area (Å²) >= 11 is 0. The highest BCUT2D eigenvalue weighted by atomic mass is 15.1. The van der Waals surface area contributed by atoms with Gasteiger partial charge in [0.05, 0.1) is 5.69 Å². The molecule has 0 atom stereocenters. The Labute approximate surface area is 130 Å². The molecule has 0 unspecified atom stereocenters. The maximum absolute atomic E-state index is 4.65. The van der Waals surface area contributed by atoms with Gasteiger partial charge in [0.1, 0.15) is 0 Å². The normalized spacial score (nSPS) is 15.7. The van der Waals surface area contributed by atoms with Crippen molar-refractivity contribution in [2.45, 2.75) is 65.6 Å². The smallest absolute Gasteiger partial charge is 0.0544 e. The van der Waals surface area contributed by atoms with Gasteiger partial charge in [0.2, 0.25) is 0 Å². The fourth-order valence-electron chi connectivity index (χ4n) is 2.47. The van der Waals surface area contributed by atoms with Gasteiger partial charge in [-0.05, 0) is 64.1 Å². The summed E-state index contributed by atoms with van der Waals surface area (Å²) in [6.07, 6.45) is 6.09. The molecule has 118 valence electrons. The summed E-state index contributed by atoms with van der Waals surface area (Å²) in [4.78, 5) is 7.21. The van der Waals surface area contributed by atoms with Gasteiger partial charge in [-0.2, -0.15) is 0 Å². The molecular formula is C18H31N3. The number of aromatic nitrogens is 1. The molecule has 1 N–H and O–H groups in total. The lowest BCUT2D eigenvalue weighted by Gasteiger charge is -2.22. The minimum absolute atomic E-state index is 0.154. The van der Waals surface area contributed by atoms with Crippen LogP contribution in [0.15, 0.2) is 18.3 Å². The van der Waals surface area contributed by atoms with Crippen LogP contribution in [-0.2, 0) is 13.1 Å². The van der Waals surface area contributed by atoms with Crippen LogP contribution < -0.4 is 5.32 Å². The van der Waals surface area contributed by atoms with Crippen molar-refractivity contribution in [2.75, 3.05) is 13.1 Å². The van der Waals surface area contributed by atoms with Crippen molar-refractivity contribution in [1.29, 1.82) is 0 Å². The summed E-state index contributed by atoms with van der Waals surface area (Å²) in [7, 11) is 0. The molecule has 3 heteroatoms. The number of hydrogen-bond donors (Lipinski definition) is 1. The monoisotopic (exact) mass is 289 g/mol. The predicted molar refractivity (Wildman–Crippen MR) is 89.1 cm³/mol. The summed E-state index contributed by atoms with van der Waals surface area (Å²) in [5.41, 5.74) is 2.61. The molecule has 1 saturated carbocycles. The zero-order valence-corrected chi connectivity index (χ0v) is 14.2. The zero-order chi connectivity index (χ0) is 15.3. The van der Waals surface area contributed by atoms with Crippen molar-refractivity contribution in [3.63, 3.8) is 0 Å². The van der Waals surface area contributed by atoms with Crippen LogP contribution in [0.2, 0.25) is 0 Å². The van der Waals surface area contributed by atoms with Gasteiger partial charge in [0, 0.05) is 31.4 Å². The van der Waals surface area contributed by atoms with Crippen LogP contribution in [0, 0.1) is 5.92 Å². The third kappa shape index (κ3) is 6.58. The van der Waals surface area contributed by atoms with E-state index >= 15 is 0 Å². The number of pyridine rings is 1. The molecule has 3 nitrogen and oxygen atoms in total. The SMILES string of the molecule is CCCN(Cc1ccc(CNC(C)(C)C)cn1)CC1CC1. The average Bonchev–Trinajstić information content (AvgIpc) is 3.21. The summed E-state index contributed by atoms with van der Waals surface area (Å²) in [5, 5.41) is 3.50. The lowest BCUT2D eigenvalue weighted by Crippen LogP contribution is -2.35. The van der Waals surface area contributed by atoms with Crippen LogP contribution in [0.25, 0.3) is 0 Å². The minimum Gasteiger partial charge on any atom is -0.308 e. The molecule has 1 fully saturated rings. The Morgan fingerprint density at radius 2 is 2.05 bits per heavy atom. The zero-order valence-electron chi connectivity index (χ0n) is 14.2. The van der Waals surface area contributed by atoms with Gasteiger partial charge in [-0.15, -0.1) is 0 Å². The van der Waals surface area contributed by atoms with Crippen LogP contribution >= 0.6 is 0 Å². The van der Waals surface area contributed by atoms with Crippen molar-refractivity contribution in [2.24, 2.45) is 5.92 Å². The van der Waals surface area contributed by atoms with Gasteiger partial charge in [0.15, 0.2) is 0 Å². The number of nitrogens with zero attached hydrogens (tertiary/aromatic N) is 2. The molecule has 21 heavy (non-hydrogen) atoms. The van der Waals surface area contributed by atoms with Crippen LogP contribution in [0.1, 0.15) is 58.2 Å². The van der Waals surface area contributed by atoms with Gasteiger partial charge in [-0.25, -0.2) is 0 Å². The first-order valence-electron chi connectivity index (χ1n) is 8.37. The molecule has 1 heterocycles. The number of rotatable bonds is 8. The van der Waals surface area contributed by atoms with Gasteiger partial charge in [0.25, 0.3) is 0 Å². The molecule has 2 rings (SSSR count). The standard InChI is InChI=1S/C18H31N3/c1-5-10-21(13-15-6-7-15)14-17-9-8-16(11-19-17)12-20-18(2,3)4/h8-9,11,15,20H,5-7,10,12-14H2,1-4H3. The molecule has 0 amide bonds. The first kappa shape index (κ1) is 16.4. The summed E-state index contributed by atoms with van der Waals surface area (Å²) in [6, 6.07) is 4.40. The molecule has 1 aliphatic rings. The van der Waals surface area contributed by atoms with Crippen molar-refractivity contribution in [1.82, 2.24) is 15.2 Å². The average molecular weight is 289 g/mol. The highest BCUT2D eigenvalue weighted by Gasteiger charge is 2.24. The second-order valence-electron chi connectivity index (χ2n) is 7.44. The lowest BCUT2D eigenvalue weighted by molar-refractivity contribution is 0.252. The molecule has 0 radical (unpaired) electrons. The Morgan fingerprint density at radius 1 is 1.29 bits per heavy atom. The van der Waals surface area contributed by atoms with E-state index in [1.165, 1.54) is 43.6 Å². The van der Waals surface area contributed by atoms with Gasteiger partial charge < -0.3 is 5.32 Å². The Balaban J connectivity index is 1.85. The Kier molecular flexibility index (Phi) is 5.77.